The van der Waals surface area contributed by atoms with Crippen LogP contribution in [0.3, 0.4) is 0 Å². The number of nitro groups is 1. The molecule has 3 rings (SSSR count). The molecule has 0 bridgehead atoms. The second-order valence-corrected chi connectivity index (χ2v) is 7.14. The van der Waals surface area contributed by atoms with E-state index in [4.69, 9.17) is 0 Å². The van der Waals surface area contributed by atoms with Gasteiger partial charge in [-0.3, -0.25) is 19.7 Å². The van der Waals surface area contributed by atoms with E-state index in [9.17, 15) is 19.7 Å². The van der Waals surface area contributed by atoms with Gasteiger partial charge in [0.1, 0.15) is 5.92 Å². The summed E-state index contributed by atoms with van der Waals surface area (Å²) >= 11 is 0. The number of carbonyl (C=O) groups is 2. The molecule has 1 aliphatic heterocycles. The average Bonchev–Trinajstić information content (AvgIpc) is 3.37. The third-order valence-corrected chi connectivity index (χ3v) is 5.47. The highest BCUT2D eigenvalue weighted by Gasteiger charge is 2.53. The van der Waals surface area contributed by atoms with Crippen LogP contribution in [-0.2, 0) is 9.59 Å². The van der Waals surface area contributed by atoms with E-state index in [1.165, 1.54) is 6.42 Å². The van der Waals surface area contributed by atoms with Gasteiger partial charge in [-0.1, -0.05) is 19.3 Å². The minimum atomic E-state index is -0.692. The van der Waals surface area contributed by atoms with Crippen LogP contribution in [0.2, 0.25) is 0 Å². The molecule has 3 aliphatic rings. The molecule has 1 heterocycles. The van der Waals surface area contributed by atoms with Gasteiger partial charge in [0.05, 0.1) is 0 Å². The molecule has 2 saturated carbocycles. The van der Waals surface area contributed by atoms with Crippen molar-refractivity contribution >= 4 is 11.8 Å². The Balaban J connectivity index is 1.41. The summed E-state index contributed by atoms with van der Waals surface area (Å²) in [5.74, 6) is -0.164. The Hall–Kier alpha value is -1.66. The van der Waals surface area contributed by atoms with Crippen molar-refractivity contribution in [2.24, 2.45) is 11.8 Å². The molecular formula is C16H25N3O4. The van der Waals surface area contributed by atoms with Gasteiger partial charge in [-0.2, -0.15) is 0 Å². The second kappa shape index (κ2) is 6.84. The van der Waals surface area contributed by atoms with Crippen molar-refractivity contribution in [1.29, 1.82) is 0 Å². The molecule has 0 unspecified atom stereocenters. The quantitative estimate of drug-likeness (QED) is 0.624. The molecule has 2 amide bonds. The van der Waals surface area contributed by atoms with Crippen LogP contribution in [0.4, 0.5) is 0 Å². The third-order valence-electron chi connectivity index (χ3n) is 5.47. The van der Waals surface area contributed by atoms with Crippen LogP contribution in [0.15, 0.2) is 0 Å². The fraction of sp³-hybridized carbons (Fsp3) is 0.875. The Morgan fingerprint density at radius 1 is 1.04 bits per heavy atom. The Bertz CT molecular complexity index is 482. The number of amides is 2. The van der Waals surface area contributed by atoms with E-state index in [1.807, 2.05) is 4.90 Å². The van der Waals surface area contributed by atoms with Crippen molar-refractivity contribution in [2.75, 3.05) is 13.1 Å². The zero-order valence-electron chi connectivity index (χ0n) is 13.4. The normalized spacial score (nSPS) is 29.1. The van der Waals surface area contributed by atoms with Gasteiger partial charge in [0, 0.05) is 36.4 Å². The monoisotopic (exact) mass is 323 g/mol. The van der Waals surface area contributed by atoms with Crippen LogP contribution in [0, 0.1) is 22.0 Å². The van der Waals surface area contributed by atoms with Gasteiger partial charge in [-0.25, -0.2) is 0 Å². The van der Waals surface area contributed by atoms with Gasteiger partial charge >= 0.3 is 0 Å². The lowest BCUT2D eigenvalue weighted by atomic mass is 9.87. The maximum atomic E-state index is 12.5. The first-order chi connectivity index (χ1) is 11.1. The lowest BCUT2D eigenvalue weighted by molar-refractivity contribution is -0.497. The van der Waals surface area contributed by atoms with Gasteiger partial charge in [0.15, 0.2) is 0 Å². The fourth-order valence-electron chi connectivity index (χ4n) is 3.86. The highest BCUT2D eigenvalue weighted by molar-refractivity contribution is 5.82. The van der Waals surface area contributed by atoms with Crippen molar-refractivity contribution in [3.05, 3.63) is 10.1 Å². The van der Waals surface area contributed by atoms with E-state index in [0.29, 0.717) is 19.5 Å². The van der Waals surface area contributed by atoms with Gasteiger partial charge in [-0.15, -0.1) is 0 Å². The minimum absolute atomic E-state index is 0.0471. The van der Waals surface area contributed by atoms with E-state index in [0.717, 1.165) is 38.5 Å². The van der Waals surface area contributed by atoms with Crippen LogP contribution in [0.1, 0.15) is 51.4 Å². The smallest absolute Gasteiger partial charge is 0.230 e. The number of carbonyl (C=O) groups excluding carboxylic acids is 2. The summed E-state index contributed by atoms with van der Waals surface area (Å²) in [7, 11) is 0. The molecule has 7 nitrogen and oxygen atoms in total. The Kier molecular flexibility index (Phi) is 4.82. The predicted molar refractivity (Wildman–Crippen MR) is 83.2 cm³/mol. The fourth-order valence-corrected chi connectivity index (χ4v) is 3.86. The zero-order chi connectivity index (χ0) is 16.4. The van der Waals surface area contributed by atoms with E-state index < -0.39 is 12.0 Å². The summed E-state index contributed by atoms with van der Waals surface area (Å²) < 4.78 is 0. The molecule has 1 N–H and O–H groups in total. The van der Waals surface area contributed by atoms with Gasteiger partial charge < -0.3 is 10.2 Å². The number of hydrogen-bond acceptors (Lipinski definition) is 4. The summed E-state index contributed by atoms with van der Waals surface area (Å²) in [4.78, 5) is 36.6. The average molecular weight is 323 g/mol. The Labute approximate surface area is 135 Å². The third kappa shape index (κ3) is 3.82. The zero-order valence-corrected chi connectivity index (χ0v) is 13.4. The molecule has 0 aromatic heterocycles. The number of likely N-dealkylation sites (tertiary alicyclic amines) is 1. The van der Waals surface area contributed by atoms with Crippen LogP contribution in [-0.4, -0.2) is 46.8 Å². The Morgan fingerprint density at radius 2 is 1.70 bits per heavy atom. The van der Waals surface area contributed by atoms with Crippen LogP contribution in [0.5, 0.6) is 0 Å². The number of nitrogens with zero attached hydrogens (tertiary/aromatic N) is 2. The molecule has 2 atom stereocenters. The summed E-state index contributed by atoms with van der Waals surface area (Å²) in [5.41, 5.74) is 0. The number of rotatable bonds is 4. The van der Waals surface area contributed by atoms with Gasteiger partial charge in [0.25, 0.3) is 0 Å². The highest BCUT2D eigenvalue weighted by Crippen LogP contribution is 2.33. The van der Waals surface area contributed by atoms with Crippen molar-refractivity contribution in [3.63, 3.8) is 0 Å². The number of nitrogens with one attached hydrogen (secondary N) is 1. The molecule has 0 aromatic rings. The van der Waals surface area contributed by atoms with Crippen molar-refractivity contribution in [3.8, 4) is 0 Å². The molecule has 23 heavy (non-hydrogen) atoms. The van der Waals surface area contributed by atoms with Crippen molar-refractivity contribution in [2.45, 2.75) is 63.5 Å². The second-order valence-electron chi connectivity index (χ2n) is 7.14. The van der Waals surface area contributed by atoms with Gasteiger partial charge in [0.2, 0.25) is 17.9 Å². The number of hydrogen-bond donors (Lipinski definition) is 1. The minimum Gasteiger partial charge on any atom is -0.353 e. The van der Waals surface area contributed by atoms with Crippen LogP contribution >= 0.6 is 0 Å². The first-order valence-electron chi connectivity index (χ1n) is 8.79. The number of piperidine rings is 1. The SMILES string of the molecule is O=C(NC1CCN(C(=O)C2CCCCC2)CC1)[C@H]1C[C@H]1[N+](=O)[O-]. The first kappa shape index (κ1) is 16.2. The van der Waals surface area contributed by atoms with Crippen molar-refractivity contribution in [1.82, 2.24) is 10.2 Å². The first-order valence-corrected chi connectivity index (χ1v) is 8.79. The largest absolute Gasteiger partial charge is 0.353 e. The van der Waals surface area contributed by atoms with Crippen LogP contribution in [0.25, 0.3) is 0 Å². The molecule has 0 radical (unpaired) electrons. The lowest BCUT2D eigenvalue weighted by Crippen LogP contribution is -2.48. The Morgan fingerprint density at radius 3 is 2.26 bits per heavy atom. The summed E-state index contributed by atoms with van der Waals surface area (Å²) in [6, 6.07) is -0.645. The lowest BCUT2D eigenvalue weighted by Gasteiger charge is -2.35. The highest BCUT2D eigenvalue weighted by atomic mass is 16.6. The van der Waals surface area contributed by atoms with E-state index in [2.05, 4.69) is 5.32 Å². The predicted octanol–water partition coefficient (Wildman–Crippen LogP) is 1.34. The molecule has 0 spiro atoms. The maximum absolute atomic E-state index is 12.5. The molecule has 0 aromatic carbocycles. The van der Waals surface area contributed by atoms with E-state index >= 15 is 0 Å². The maximum Gasteiger partial charge on any atom is 0.230 e. The molecule has 7 heteroatoms. The molecule has 1 saturated heterocycles. The molecular weight excluding hydrogens is 298 g/mol. The van der Waals surface area contributed by atoms with Crippen LogP contribution < -0.4 is 5.32 Å². The van der Waals surface area contributed by atoms with E-state index in [1.54, 1.807) is 0 Å². The summed E-state index contributed by atoms with van der Waals surface area (Å²) in [6.45, 7) is 1.37. The standard InChI is InChI=1S/C16H25N3O4/c20-15(13-10-14(13)19(22)23)17-12-6-8-18(9-7-12)16(21)11-4-2-1-3-5-11/h11-14H,1-10H2,(H,17,20)/t13-,14+/m0/s1. The topological polar surface area (TPSA) is 92.6 Å². The summed E-state index contributed by atoms with van der Waals surface area (Å²) in [5, 5.41) is 13.5. The van der Waals surface area contributed by atoms with Crippen molar-refractivity contribution < 1.29 is 14.5 Å². The molecule has 3 fully saturated rings. The van der Waals surface area contributed by atoms with Gasteiger partial charge in [-0.05, 0) is 25.7 Å². The summed E-state index contributed by atoms with van der Waals surface area (Å²) in [6.07, 6.45) is 7.44. The molecule has 2 aliphatic carbocycles. The molecule has 128 valence electrons. The van der Waals surface area contributed by atoms with E-state index in [-0.39, 0.29) is 28.7 Å².